The number of rotatable bonds is 4. The maximum Gasteiger partial charge on any atom is 0.161 e. The van der Waals surface area contributed by atoms with Gasteiger partial charge in [-0.05, 0) is 35.9 Å². The second-order valence-electron chi connectivity index (χ2n) is 5.95. The summed E-state index contributed by atoms with van der Waals surface area (Å²) in [6.45, 7) is 0. The molecule has 0 fully saturated rings. The first-order valence-corrected chi connectivity index (χ1v) is 7.77. The van der Waals surface area contributed by atoms with Gasteiger partial charge in [-0.15, -0.1) is 0 Å². The van der Waals surface area contributed by atoms with Gasteiger partial charge in [0.15, 0.2) is 23.0 Å². The molecule has 25 heavy (non-hydrogen) atoms. The summed E-state index contributed by atoms with van der Waals surface area (Å²) in [6, 6.07) is 7.01. The molecule has 2 aromatic rings. The summed E-state index contributed by atoms with van der Waals surface area (Å²) in [4.78, 5) is 11.4. The topological polar surface area (TPSA) is 116 Å². The molecule has 0 unspecified atom stereocenters. The molecule has 7 heteroatoms. The molecule has 0 bridgehead atoms. The van der Waals surface area contributed by atoms with Crippen molar-refractivity contribution in [1.29, 1.82) is 0 Å². The number of fused-ring (bicyclic) bond motifs is 1. The maximum absolute atomic E-state index is 11.4. The molecule has 0 aromatic heterocycles. The Morgan fingerprint density at radius 1 is 1.12 bits per heavy atom. The van der Waals surface area contributed by atoms with Crippen LogP contribution in [0.1, 0.15) is 22.7 Å². The number of carboxylic acid groups (broad SMARTS) is 1. The van der Waals surface area contributed by atoms with Crippen molar-refractivity contribution in [2.24, 2.45) is 0 Å². The summed E-state index contributed by atoms with van der Waals surface area (Å²) < 4.78 is 10.5. The van der Waals surface area contributed by atoms with Gasteiger partial charge in [0, 0.05) is 17.5 Å². The number of phenolic OH excluding ortho intramolecular Hbond substituents is 2. The molecule has 2 atom stereocenters. The molecule has 1 aliphatic heterocycles. The highest BCUT2D eigenvalue weighted by Gasteiger charge is 2.33. The van der Waals surface area contributed by atoms with Crippen molar-refractivity contribution >= 4 is 5.97 Å². The summed E-state index contributed by atoms with van der Waals surface area (Å²) in [6.07, 6.45) is 0.204. The number of benzene rings is 2. The van der Waals surface area contributed by atoms with Gasteiger partial charge in [0.2, 0.25) is 0 Å². The predicted octanol–water partition coefficient (Wildman–Crippen LogP) is -0.558. The van der Waals surface area contributed by atoms with Crippen molar-refractivity contribution < 1.29 is 34.9 Å². The Labute approximate surface area is 144 Å². The molecule has 2 aromatic carbocycles. The molecule has 1 aliphatic rings. The minimum Gasteiger partial charge on any atom is -0.544 e. The van der Waals surface area contributed by atoms with E-state index in [1.54, 1.807) is 17.4 Å². The summed E-state index contributed by atoms with van der Waals surface area (Å²) in [5.41, 5.74) is 2.18. The average molecular weight is 345 g/mol. The van der Waals surface area contributed by atoms with E-state index in [0.29, 0.717) is 17.1 Å². The molecule has 0 saturated heterocycles. The van der Waals surface area contributed by atoms with Gasteiger partial charge in [-0.2, -0.15) is 0 Å². The zero-order valence-corrected chi connectivity index (χ0v) is 13.9. The van der Waals surface area contributed by atoms with Crippen LogP contribution >= 0.6 is 0 Å². The first-order valence-electron chi connectivity index (χ1n) is 7.77. The Balaban J connectivity index is 2.11. The van der Waals surface area contributed by atoms with Gasteiger partial charge in [-0.25, -0.2) is 0 Å². The first-order chi connectivity index (χ1) is 11.9. The fraction of sp³-hybridized carbons (Fsp3) is 0.278. The Hall–Kier alpha value is -2.93. The molecule has 4 N–H and O–H groups in total. The van der Waals surface area contributed by atoms with Crippen LogP contribution in [0.2, 0.25) is 0 Å². The number of hydrogen-bond donors (Lipinski definition) is 3. The predicted molar refractivity (Wildman–Crippen MR) is 85.6 cm³/mol. The van der Waals surface area contributed by atoms with E-state index in [9.17, 15) is 20.1 Å². The first kappa shape index (κ1) is 16.9. The molecular formula is C18H19NO6. The van der Waals surface area contributed by atoms with Gasteiger partial charge in [-0.1, -0.05) is 0 Å². The van der Waals surface area contributed by atoms with Crippen molar-refractivity contribution in [3.63, 3.8) is 0 Å². The van der Waals surface area contributed by atoms with Crippen LogP contribution in [0.15, 0.2) is 30.3 Å². The van der Waals surface area contributed by atoms with E-state index < -0.39 is 18.1 Å². The van der Waals surface area contributed by atoms with Gasteiger partial charge >= 0.3 is 0 Å². The van der Waals surface area contributed by atoms with Crippen molar-refractivity contribution in [3.8, 4) is 23.0 Å². The van der Waals surface area contributed by atoms with Gasteiger partial charge in [-0.3, -0.25) is 0 Å². The van der Waals surface area contributed by atoms with Crippen LogP contribution in [0.25, 0.3) is 0 Å². The van der Waals surface area contributed by atoms with Crippen molar-refractivity contribution in [2.75, 3.05) is 14.2 Å². The highest BCUT2D eigenvalue weighted by atomic mass is 16.5. The number of phenols is 2. The summed E-state index contributed by atoms with van der Waals surface area (Å²) in [7, 11) is 3.06. The van der Waals surface area contributed by atoms with Crippen LogP contribution in [0.4, 0.5) is 0 Å². The smallest absolute Gasteiger partial charge is 0.161 e. The molecule has 0 radical (unpaired) electrons. The lowest BCUT2D eigenvalue weighted by Crippen LogP contribution is -2.95. The zero-order chi connectivity index (χ0) is 18.1. The van der Waals surface area contributed by atoms with Crippen molar-refractivity contribution in [1.82, 2.24) is 0 Å². The van der Waals surface area contributed by atoms with E-state index in [2.05, 4.69) is 0 Å². The third-order valence-corrected chi connectivity index (χ3v) is 4.51. The van der Waals surface area contributed by atoms with Crippen LogP contribution in [0.3, 0.4) is 0 Å². The van der Waals surface area contributed by atoms with Crippen LogP contribution in [0.5, 0.6) is 23.0 Å². The Kier molecular flexibility index (Phi) is 4.41. The van der Waals surface area contributed by atoms with Crippen LogP contribution in [0, 0.1) is 0 Å². The lowest BCUT2D eigenvalue weighted by Gasteiger charge is -2.31. The van der Waals surface area contributed by atoms with E-state index in [0.717, 1.165) is 11.1 Å². The Bertz CT molecular complexity index is 819. The number of carbonyl (C=O) groups is 1. The third kappa shape index (κ3) is 3.06. The molecule has 0 aliphatic carbocycles. The Morgan fingerprint density at radius 3 is 2.44 bits per heavy atom. The summed E-state index contributed by atoms with van der Waals surface area (Å²) in [5.74, 6) is -0.613. The lowest BCUT2D eigenvalue weighted by atomic mass is 9.86. The number of carboxylic acids is 1. The number of aromatic hydroxyl groups is 2. The second kappa shape index (κ2) is 6.52. The minimum absolute atomic E-state index is 0.204. The molecule has 0 saturated carbocycles. The number of methoxy groups -OCH3 is 2. The normalized spacial score (nSPS) is 19.1. The summed E-state index contributed by atoms with van der Waals surface area (Å²) in [5, 5.41) is 32.7. The Morgan fingerprint density at radius 2 is 1.80 bits per heavy atom. The average Bonchev–Trinajstić information content (AvgIpc) is 2.61. The maximum atomic E-state index is 11.4. The van der Waals surface area contributed by atoms with E-state index in [1.165, 1.54) is 26.4 Å². The number of carbonyl (C=O) groups excluding carboxylic acids is 1. The fourth-order valence-corrected chi connectivity index (χ4v) is 3.24. The minimum atomic E-state index is -1.18. The van der Waals surface area contributed by atoms with Crippen molar-refractivity contribution in [2.45, 2.75) is 18.5 Å². The quantitative estimate of drug-likeness (QED) is 0.640. The second-order valence-corrected chi connectivity index (χ2v) is 5.95. The van der Waals surface area contributed by atoms with Crippen LogP contribution in [-0.2, 0) is 11.2 Å². The number of ether oxygens (including phenoxy) is 2. The van der Waals surface area contributed by atoms with Gasteiger partial charge in [0.25, 0.3) is 0 Å². The SMILES string of the molecule is COc1ccc([C@@H]2[NH2+][C@@H](C(=O)[O-])Cc3cc(O)c(O)cc32)cc1OC. The zero-order valence-electron chi connectivity index (χ0n) is 13.9. The molecule has 0 spiro atoms. The molecule has 7 nitrogen and oxygen atoms in total. The van der Waals surface area contributed by atoms with E-state index in [1.807, 2.05) is 6.07 Å². The van der Waals surface area contributed by atoms with Crippen LogP contribution < -0.4 is 19.9 Å². The largest absolute Gasteiger partial charge is 0.544 e. The molecule has 0 amide bonds. The van der Waals surface area contributed by atoms with Crippen LogP contribution in [-0.4, -0.2) is 36.4 Å². The highest BCUT2D eigenvalue weighted by molar-refractivity contribution is 5.70. The van der Waals surface area contributed by atoms with Gasteiger partial charge in [0.05, 0.1) is 20.2 Å². The molecular weight excluding hydrogens is 326 g/mol. The number of quaternary nitrogens is 1. The molecule has 3 rings (SSSR count). The highest BCUT2D eigenvalue weighted by Crippen LogP contribution is 2.37. The van der Waals surface area contributed by atoms with Crippen molar-refractivity contribution in [3.05, 3.63) is 47.0 Å². The van der Waals surface area contributed by atoms with Gasteiger partial charge < -0.3 is 34.9 Å². The fourth-order valence-electron chi connectivity index (χ4n) is 3.24. The van der Waals surface area contributed by atoms with E-state index >= 15 is 0 Å². The monoisotopic (exact) mass is 345 g/mol. The summed E-state index contributed by atoms with van der Waals surface area (Å²) >= 11 is 0. The lowest BCUT2D eigenvalue weighted by molar-refractivity contribution is -0.716. The van der Waals surface area contributed by atoms with Gasteiger partial charge in [0.1, 0.15) is 12.1 Å². The number of hydrogen-bond acceptors (Lipinski definition) is 6. The molecule has 1 heterocycles. The van der Waals surface area contributed by atoms with E-state index in [4.69, 9.17) is 9.47 Å². The standard InChI is InChI=1S/C18H19NO6/c1-24-15-4-3-9(7-16(15)25-2)17-11-8-14(21)13(20)6-10(11)5-12(19-17)18(22)23/h3-4,6-8,12,17,19-21H,5H2,1-2H3,(H,22,23)/t12-,17+/m1/s1. The molecule has 132 valence electrons. The van der Waals surface area contributed by atoms with E-state index in [-0.39, 0.29) is 17.9 Å². The third-order valence-electron chi connectivity index (χ3n) is 4.51. The number of aliphatic carboxylic acids is 1. The number of nitrogens with two attached hydrogens (primary N) is 1.